The molecule has 3 aromatic heterocycles. The van der Waals surface area contributed by atoms with Crippen molar-refractivity contribution < 1.29 is 48.0 Å². The molecule has 3 aromatic rings. The largest absolute Gasteiger partial charge is 0.481 e. The van der Waals surface area contributed by atoms with Crippen molar-refractivity contribution in [2.75, 3.05) is 6.54 Å². The van der Waals surface area contributed by atoms with Crippen LogP contribution in [0.4, 0.5) is 13.2 Å². The Hall–Kier alpha value is -4.11. The molecule has 1 saturated heterocycles. The summed E-state index contributed by atoms with van der Waals surface area (Å²) in [5.41, 5.74) is -1.06. The molecule has 15 heteroatoms. The molecule has 1 aliphatic rings. The van der Waals surface area contributed by atoms with Gasteiger partial charge in [0.1, 0.15) is 5.69 Å². The maximum atomic E-state index is 13.5. The van der Waals surface area contributed by atoms with Gasteiger partial charge in [-0.2, -0.15) is 18.3 Å². The van der Waals surface area contributed by atoms with Crippen LogP contribution in [-0.2, 0) is 27.0 Å². The number of hydrogen-bond donors (Lipinski definition) is 4. The van der Waals surface area contributed by atoms with Crippen molar-refractivity contribution in [2.45, 2.75) is 69.8 Å². The minimum absolute atomic E-state index is 0.0315. The van der Waals surface area contributed by atoms with Gasteiger partial charge >= 0.3 is 24.1 Å². The van der Waals surface area contributed by atoms with Gasteiger partial charge < -0.3 is 20.4 Å². The molecule has 1 aliphatic heterocycles. The van der Waals surface area contributed by atoms with Gasteiger partial charge in [-0.3, -0.25) is 19.5 Å². The molecular weight excluding hydrogens is 551 g/mol. The molecule has 4 rings (SSSR count). The molecule has 222 valence electrons. The summed E-state index contributed by atoms with van der Waals surface area (Å²) in [6.07, 6.45) is -0.970. The molecule has 0 saturated carbocycles. The zero-order chi connectivity index (χ0) is 30.5. The van der Waals surface area contributed by atoms with E-state index in [9.17, 15) is 27.6 Å². The van der Waals surface area contributed by atoms with Gasteiger partial charge in [0.05, 0.1) is 24.6 Å². The van der Waals surface area contributed by atoms with Gasteiger partial charge in [-0.15, -0.1) is 0 Å². The summed E-state index contributed by atoms with van der Waals surface area (Å²) in [7, 11) is 0. The van der Waals surface area contributed by atoms with E-state index in [1.807, 2.05) is 12.1 Å². The second kappa shape index (κ2) is 12.6. The minimum Gasteiger partial charge on any atom is -0.481 e. The molecule has 0 radical (unpaired) electrons. The van der Waals surface area contributed by atoms with E-state index in [1.165, 1.54) is 0 Å². The molecule has 4 heterocycles. The monoisotopic (exact) mass is 581 g/mol. The molecular formula is C26H30F3N5O7. The molecule has 12 nitrogen and oxygen atoms in total. The molecule has 2 atom stereocenters. The Morgan fingerprint density at radius 1 is 1.07 bits per heavy atom. The normalized spacial score (nSPS) is 16.7. The number of aliphatic carboxylic acids is 3. The van der Waals surface area contributed by atoms with Gasteiger partial charge in [-0.05, 0) is 56.5 Å². The average molecular weight is 582 g/mol. The number of pyridine rings is 1. The van der Waals surface area contributed by atoms with Crippen molar-refractivity contribution in [3.63, 3.8) is 0 Å². The quantitative estimate of drug-likeness (QED) is 0.291. The van der Waals surface area contributed by atoms with Gasteiger partial charge in [-0.25, -0.2) is 14.3 Å². The van der Waals surface area contributed by atoms with E-state index in [-0.39, 0.29) is 17.7 Å². The SMILES string of the molecule is CCc1cc(C(F)(F)F)n2nc(C3CCCN3C(C)c3ccncc3)cc2n1.O=C(O)CC(O)(CC(=O)O)C(=O)O. The Morgan fingerprint density at radius 2 is 1.68 bits per heavy atom. The van der Waals surface area contributed by atoms with Crippen LogP contribution < -0.4 is 0 Å². The molecule has 0 aromatic carbocycles. The van der Waals surface area contributed by atoms with Crippen LogP contribution in [0.3, 0.4) is 0 Å². The van der Waals surface area contributed by atoms with E-state index in [0.29, 0.717) is 17.8 Å². The lowest BCUT2D eigenvalue weighted by molar-refractivity contribution is -0.170. The number of halogens is 3. The standard InChI is InChI=1S/C20H22F3N5.C6H8O7/c1-3-15-11-18(20(21,22)23)28-19(25-15)12-16(26-28)17-5-4-10-27(17)13(2)14-6-8-24-9-7-14;7-3(8)1-6(13,5(11)12)2-4(9)10/h6-9,11-13,17H,3-5,10H2,1-2H3;13H,1-2H2,(H,7,8)(H,9,10)(H,11,12). The molecule has 41 heavy (non-hydrogen) atoms. The van der Waals surface area contributed by atoms with Crippen LogP contribution in [0, 0.1) is 0 Å². The van der Waals surface area contributed by atoms with Crippen molar-refractivity contribution in [2.24, 2.45) is 0 Å². The summed E-state index contributed by atoms with van der Waals surface area (Å²) in [5.74, 6) is -5.02. The molecule has 0 bridgehead atoms. The van der Waals surface area contributed by atoms with Crippen molar-refractivity contribution in [3.05, 3.63) is 59.3 Å². The number of nitrogens with zero attached hydrogens (tertiary/aromatic N) is 5. The lowest BCUT2D eigenvalue weighted by Crippen LogP contribution is -2.42. The number of aliphatic hydroxyl groups is 1. The predicted octanol–water partition coefficient (Wildman–Crippen LogP) is 3.36. The van der Waals surface area contributed by atoms with E-state index in [4.69, 9.17) is 20.4 Å². The number of fused-ring (bicyclic) bond motifs is 1. The number of carboxylic acid groups (broad SMARTS) is 3. The molecule has 4 N–H and O–H groups in total. The summed E-state index contributed by atoms with van der Waals surface area (Å²) in [4.78, 5) is 41.2. The number of hydrogen-bond acceptors (Lipinski definition) is 8. The number of carbonyl (C=O) groups is 3. The third-order valence-electron chi connectivity index (χ3n) is 6.76. The van der Waals surface area contributed by atoms with Crippen LogP contribution in [0.1, 0.15) is 74.3 Å². The molecule has 0 amide bonds. The van der Waals surface area contributed by atoms with Gasteiger partial charge in [0.2, 0.25) is 0 Å². The first kappa shape index (κ1) is 31.4. The van der Waals surface area contributed by atoms with Gasteiger partial charge in [0.25, 0.3) is 0 Å². The van der Waals surface area contributed by atoms with E-state index in [0.717, 1.165) is 35.5 Å². The number of alkyl halides is 3. The predicted molar refractivity (Wildman–Crippen MR) is 136 cm³/mol. The summed E-state index contributed by atoms with van der Waals surface area (Å²) in [5, 5.41) is 38.2. The van der Waals surface area contributed by atoms with Crippen LogP contribution in [-0.4, -0.2) is 75.0 Å². The number of likely N-dealkylation sites (tertiary alicyclic amines) is 1. The third-order valence-corrected chi connectivity index (χ3v) is 6.76. The van der Waals surface area contributed by atoms with Crippen LogP contribution in [0.5, 0.6) is 0 Å². The lowest BCUT2D eigenvalue weighted by Gasteiger charge is -2.30. The topological polar surface area (TPSA) is 178 Å². The zero-order valence-corrected chi connectivity index (χ0v) is 22.2. The summed E-state index contributed by atoms with van der Waals surface area (Å²) in [6, 6.07) is 6.84. The Bertz CT molecular complexity index is 1380. The minimum atomic E-state index is -4.48. The number of rotatable bonds is 9. The van der Waals surface area contributed by atoms with Gasteiger partial charge in [0.15, 0.2) is 11.2 Å². The number of aryl methyl sites for hydroxylation is 1. The van der Waals surface area contributed by atoms with Crippen molar-refractivity contribution >= 4 is 23.6 Å². The van der Waals surface area contributed by atoms with E-state index < -0.39 is 48.2 Å². The highest BCUT2D eigenvalue weighted by Crippen LogP contribution is 2.39. The van der Waals surface area contributed by atoms with Crippen LogP contribution in [0.2, 0.25) is 0 Å². The second-order valence-electron chi connectivity index (χ2n) is 9.65. The van der Waals surface area contributed by atoms with Crippen molar-refractivity contribution in [1.82, 2.24) is 24.5 Å². The van der Waals surface area contributed by atoms with Crippen LogP contribution >= 0.6 is 0 Å². The fourth-order valence-corrected chi connectivity index (χ4v) is 4.71. The Kier molecular flexibility index (Phi) is 9.65. The summed E-state index contributed by atoms with van der Waals surface area (Å²) in [6.45, 7) is 4.78. The average Bonchev–Trinajstić information content (AvgIpc) is 3.54. The van der Waals surface area contributed by atoms with Crippen LogP contribution in [0.25, 0.3) is 5.65 Å². The van der Waals surface area contributed by atoms with Crippen molar-refractivity contribution in [3.8, 4) is 0 Å². The Balaban J connectivity index is 0.000000302. The fraction of sp³-hybridized carbons (Fsp3) is 0.462. The smallest absolute Gasteiger partial charge is 0.433 e. The molecule has 2 unspecified atom stereocenters. The molecule has 0 spiro atoms. The fourth-order valence-electron chi connectivity index (χ4n) is 4.71. The Labute approximate surface area is 232 Å². The first-order valence-corrected chi connectivity index (χ1v) is 12.7. The summed E-state index contributed by atoms with van der Waals surface area (Å²) >= 11 is 0. The number of aromatic nitrogens is 4. The maximum absolute atomic E-state index is 13.5. The van der Waals surface area contributed by atoms with E-state index in [2.05, 4.69) is 26.9 Å². The first-order valence-electron chi connectivity index (χ1n) is 12.7. The number of carboxylic acids is 3. The maximum Gasteiger partial charge on any atom is 0.433 e. The zero-order valence-electron chi connectivity index (χ0n) is 22.2. The highest BCUT2D eigenvalue weighted by molar-refractivity contribution is 5.88. The highest BCUT2D eigenvalue weighted by atomic mass is 19.4. The van der Waals surface area contributed by atoms with Crippen LogP contribution in [0.15, 0.2) is 36.7 Å². The molecule has 1 fully saturated rings. The summed E-state index contributed by atoms with van der Waals surface area (Å²) < 4.78 is 41.6. The third kappa shape index (κ3) is 7.55. The van der Waals surface area contributed by atoms with Crippen molar-refractivity contribution in [1.29, 1.82) is 0 Å². The van der Waals surface area contributed by atoms with E-state index in [1.54, 1.807) is 25.4 Å². The first-order chi connectivity index (χ1) is 19.2. The van der Waals surface area contributed by atoms with Gasteiger partial charge in [-0.1, -0.05) is 6.92 Å². The van der Waals surface area contributed by atoms with E-state index >= 15 is 0 Å². The molecule has 0 aliphatic carbocycles. The second-order valence-corrected chi connectivity index (χ2v) is 9.65. The Morgan fingerprint density at radius 3 is 2.20 bits per heavy atom. The lowest BCUT2D eigenvalue weighted by atomic mass is 9.96. The highest BCUT2D eigenvalue weighted by Gasteiger charge is 2.41. The van der Waals surface area contributed by atoms with Gasteiger partial charge in [0, 0.05) is 30.2 Å².